The topological polar surface area (TPSA) is 66.8 Å². The Bertz CT molecular complexity index is 1490. The number of amides is 1. The van der Waals surface area contributed by atoms with Gasteiger partial charge < -0.3 is 14.7 Å². The molecule has 1 heterocycles. The van der Waals surface area contributed by atoms with E-state index < -0.39 is 6.10 Å². The van der Waals surface area contributed by atoms with Crippen molar-refractivity contribution in [1.82, 2.24) is 4.90 Å². The van der Waals surface area contributed by atoms with E-state index in [0.29, 0.717) is 30.5 Å². The lowest BCUT2D eigenvalue weighted by atomic mass is 9.85. The van der Waals surface area contributed by atoms with Crippen molar-refractivity contribution in [2.24, 2.45) is 5.92 Å². The van der Waals surface area contributed by atoms with Crippen LogP contribution in [-0.2, 0) is 12.8 Å². The average molecular weight is 576 g/mol. The second kappa shape index (κ2) is 14.8. The molecule has 1 fully saturated rings. The number of ether oxygens (including phenoxy) is 1. The number of likely N-dealkylation sites (tertiary alicyclic amines) is 1. The fourth-order valence-electron chi connectivity index (χ4n) is 6.22. The first kappa shape index (κ1) is 30.2. The number of Topliss-reactive ketones (excluding diaryl/α,β-unsaturated/α-hetero) is 1. The molecular formula is C38H41NO4. The number of nitrogens with zero attached hydrogens (tertiary/aromatic N) is 1. The average Bonchev–Trinajstić information content (AvgIpc) is 3.55. The van der Waals surface area contributed by atoms with Crippen LogP contribution < -0.4 is 4.74 Å². The van der Waals surface area contributed by atoms with Gasteiger partial charge in [-0.25, -0.2) is 0 Å². The molecule has 0 aromatic heterocycles. The van der Waals surface area contributed by atoms with Gasteiger partial charge in [-0.1, -0.05) is 84.9 Å². The number of carbonyl (C=O) groups is 2. The van der Waals surface area contributed by atoms with Crippen LogP contribution in [0.25, 0.3) is 0 Å². The summed E-state index contributed by atoms with van der Waals surface area (Å²) in [5.74, 6) is 0.495. The highest BCUT2D eigenvalue weighted by Crippen LogP contribution is 2.33. The first-order valence-electron chi connectivity index (χ1n) is 15.4. The van der Waals surface area contributed by atoms with Gasteiger partial charge >= 0.3 is 0 Å². The summed E-state index contributed by atoms with van der Waals surface area (Å²) in [7, 11) is 1.66. The smallest absolute Gasteiger partial charge is 0.254 e. The van der Waals surface area contributed by atoms with Crippen molar-refractivity contribution in [2.75, 3.05) is 13.7 Å². The number of ketones is 1. The van der Waals surface area contributed by atoms with Crippen molar-refractivity contribution < 1.29 is 19.4 Å². The molecule has 1 aliphatic heterocycles. The van der Waals surface area contributed by atoms with Crippen LogP contribution in [0.3, 0.4) is 0 Å². The van der Waals surface area contributed by atoms with E-state index in [1.807, 2.05) is 71.6 Å². The number of hydrogen-bond donors (Lipinski definition) is 1. The van der Waals surface area contributed by atoms with Crippen molar-refractivity contribution in [2.45, 2.75) is 57.1 Å². The number of methoxy groups -OCH3 is 1. The second-order valence-electron chi connectivity index (χ2n) is 11.5. The number of aryl methyl sites for hydroxylation is 1. The van der Waals surface area contributed by atoms with Crippen LogP contribution in [0.2, 0.25) is 0 Å². The molecule has 1 N–H and O–H groups in total. The molecule has 1 saturated heterocycles. The number of aliphatic hydroxyl groups excluding tert-OH is 1. The summed E-state index contributed by atoms with van der Waals surface area (Å²) in [6, 6.07) is 35.3. The third kappa shape index (κ3) is 7.99. The van der Waals surface area contributed by atoms with Crippen molar-refractivity contribution in [3.63, 3.8) is 0 Å². The second-order valence-corrected chi connectivity index (χ2v) is 11.5. The van der Waals surface area contributed by atoms with Crippen molar-refractivity contribution in [3.8, 4) is 5.75 Å². The van der Waals surface area contributed by atoms with E-state index in [1.165, 1.54) is 0 Å². The van der Waals surface area contributed by atoms with Crippen LogP contribution in [0.4, 0.5) is 0 Å². The van der Waals surface area contributed by atoms with Crippen LogP contribution in [0.1, 0.15) is 75.6 Å². The Balaban J connectivity index is 1.27. The largest absolute Gasteiger partial charge is 0.497 e. The van der Waals surface area contributed by atoms with Gasteiger partial charge in [0.1, 0.15) is 5.75 Å². The van der Waals surface area contributed by atoms with Gasteiger partial charge in [-0.05, 0) is 85.4 Å². The van der Waals surface area contributed by atoms with Crippen molar-refractivity contribution >= 4 is 11.7 Å². The predicted octanol–water partition coefficient (Wildman–Crippen LogP) is 7.49. The zero-order valence-electron chi connectivity index (χ0n) is 24.9. The fourth-order valence-corrected chi connectivity index (χ4v) is 6.22. The minimum atomic E-state index is -0.629. The Hall–Kier alpha value is -4.22. The number of carbonyl (C=O) groups excluding carboxylic acids is 2. The molecule has 0 saturated carbocycles. The maximum Gasteiger partial charge on any atom is 0.254 e. The molecule has 4 aromatic rings. The standard InChI is InChI=1S/C38H41NO4/c1-43-34-20-8-14-29(25-34)15-9-22-36(40)33(24-28-12-4-2-5-13-28)27-37(41)31-18-10-19-32(26-31)38(42)39-23-11-21-35(39)30-16-6-3-7-17-30/h2-8,10,12-14,16-20,25-26,33,35-36,40H,9,11,15,21-24,27H2,1H3/t33-,35?,36-/m1/s1. The summed E-state index contributed by atoms with van der Waals surface area (Å²) in [5, 5.41) is 11.3. The van der Waals surface area contributed by atoms with Crippen LogP contribution in [0.5, 0.6) is 5.75 Å². The molecule has 0 spiro atoms. The molecule has 1 amide bonds. The normalized spacial score (nSPS) is 16.0. The third-order valence-electron chi connectivity index (χ3n) is 8.56. The van der Waals surface area contributed by atoms with E-state index in [-0.39, 0.29) is 30.1 Å². The summed E-state index contributed by atoms with van der Waals surface area (Å²) in [6.45, 7) is 0.706. The Labute approximate surface area is 255 Å². The number of rotatable bonds is 13. The molecule has 3 atom stereocenters. The number of aliphatic hydroxyl groups is 1. The first-order valence-corrected chi connectivity index (χ1v) is 15.4. The van der Waals surface area contributed by atoms with Gasteiger partial charge in [0.05, 0.1) is 19.3 Å². The summed E-state index contributed by atoms with van der Waals surface area (Å²) < 4.78 is 5.34. The molecule has 5 rings (SSSR count). The number of benzene rings is 4. The number of hydrogen-bond acceptors (Lipinski definition) is 4. The monoisotopic (exact) mass is 575 g/mol. The molecule has 0 aliphatic carbocycles. The Morgan fingerprint density at radius 3 is 2.33 bits per heavy atom. The summed E-state index contributed by atoms with van der Waals surface area (Å²) in [4.78, 5) is 29.2. The van der Waals surface area contributed by atoms with Gasteiger partial charge in [0.15, 0.2) is 5.78 Å². The Morgan fingerprint density at radius 2 is 1.56 bits per heavy atom. The van der Waals surface area contributed by atoms with Gasteiger partial charge in [0.2, 0.25) is 0 Å². The lowest BCUT2D eigenvalue weighted by Gasteiger charge is -2.25. The predicted molar refractivity (Wildman–Crippen MR) is 170 cm³/mol. The van der Waals surface area contributed by atoms with Crippen LogP contribution in [0, 0.1) is 5.92 Å². The molecule has 43 heavy (non-hydrogen) atoms. The minimum Gasteiger partial charge on any atom is -0.497 e. The van der Waals surface area contributed by atoms with E-state index in [9.17, 15) is 14.7 Å². The lowest BCUT2D eigenvalue weighted by Crippen LogP contribution is -2.30. The van der Waals surface area contributed by atoms with Gasteiger partial charge in [-0.15, -0.1) is 0 Å². The van der Waals surface area contributed by atoms with E-state index in [1.54, 1.807) is 31.4 Å². The van der Waals surface area contributed by atoms with Gasteiger partial charge in [0.25, 0.3) is 5.91 Å². The van der Waals surface area contributed by atoms with E-state index in [2.05, 4.69) is 18.2 Å². The quantitative estimate of drug-likeness (QED) is 0.168. The Kier molecular flexibility index (Phi) is 10.4. The zero-order chi connectivity index (χ0) is 30.0. The minimum absolute atomic E-state index is 0.0422. The van der Waals surface area contributed by atoms with Gasteiger partial charge in [-0.2, -0.15) is 0 Å². The molecule has 0 bridgehead atoms. The fraction of sp³-hybridized carbons (Fsp3) is 0.316. The van der Waals surface area contributed by atoms with Crippen molar-refractivity contribution in [3.05, 3.63) is 137 Å². The molecule has 1 aliphatic rings. The van der Waals surface area contributed by atoms with E-state index >= 15 is 0 Å². The highest BCUT2D eigenvalue weighted by atomic mass is 16.5. The molecular weight excluding hydrogens is 534 g/mol. The molecule has 1 unspecified atom stereocenters. The first-order chi connectivity index (χ1) is 21.0. The zero-order valence-corrected chi connectivity index (χ0v) is 24.9. The van der Waals surface area contributed by atoms with Crippen LogP contribution >= 0.6 is 0 Å². The van der Waals surface area contributed by atoms with Gasteiger partial charge in [0, 0.05) is 24.1 Å². The molecule has 4 aromatic carbocycles. The third-order valence-corrected chi connectivity index (χ3v) is 8.56. The van der Waals surface area contributed by atoms with Crippen LogP contribution in [-0.4, -0.2) is 41.5 Å². The molecule has 222 valence electrons. The highest BCUT2D eigenvalue weighted by Gasteiger charge is 2.31. The summed E-state index contributed by atoms with van der Waals surface area (Å²) >= 11 is 0. The Morgan fingerprint density at radius 1 is 0.860 bits per heavy atom. The maximum absolute atomic E-state index is 13.6. The van der Waals surface area contributed by atoms with Gasteiger partial charge in [-0.3, -0.25) is 9.59 Å². The van der Waals surface area contributed by atoms with Crippen molar-refractivity contribution in [1.29, 1.82) is 0 Å². The lowest BCUT2D eigenvalue weighted by molar-refractivity contribution is 0.0734. The molecule has 5 nitrogen and oxygen atoms in total. The highest BCUT2D eigenvalue weighted by molar-refractivity contribution is 6.01. The van der Waals surface area contributed by atoms with E-state index in [4.69, 9.17) is 4.74 Å². The summed E-state index contributed by atoms with van der Waals surface area (Å²) in [5.41, 5.74) is 4.45. The molecule has 0 radical (unpaired) electrons. The SMILES string of the molecule is COc1cccc(CCC[C@@H](O)[C@@H](CC(=O)c2cccc(C(=O)N3CCCC3c3ccccc3)c2)Cc2ccccc2)c1. The molecule has 5 heteroatoms. The van der Waals surface area contributed by atoms with Crippen LogP contribution in [0.15, 0.2) is 109 Å². The maximum atomic E-state index is 13.6. The summed E-state index contributed by atoms with van der Waals surface area (Å²) in [6.07, 6.45) is 4.31. The van der Waals surface area contributed by atoms with E-state index in [0.717, 1.165) is 48.1 Å².